The van der Waals surface area contributed by atoms with Gasteiger partial charge >= 0.3 is 5.97 Å². The second-order valence-corrected chi connectivity index (χ2v) is 15.4. The van der Waals surface area contributed by atoms with Gasteiger partial charge in [0.2, 0.25) is 0 Å². The summed E-state index contributed by atoms with van der Waals surface area (Å²) in [7, 11) is 3.68. The second kappa shape index (κ2) is 17.0. The molecule has 14 heteroatoms. The molecule has 0 aliphatic carbocycles. The molecule has 2 heterocycles. The van der Waals surface area contributed by atoms with Crippen molar-refractivity contribution in [3.63, 3.8) is 0 Å². The van der Waals surface area contributed by atoms with Crippen LogP contribution in [0.25, 0.3) is 0 Å². The average Bonchev–Trinajstić information content (AvgIpc) is 2.98. The number of hydrogen-bond acceptors (Lipinski definition) is 14. The molecule has 2 aliphatic heterocycles. The van der Waals surface area contributed by atoms with Gasteiger partial charge in [-0.3, -0.25) is 9.69 Å². The van der Waals surface area contributed by atoms with Gasteiger partial charge in [-0.2, -0.15) is 0 Å². The molecule has 2 saturated heterocycles. The van der Waals surface area contributed by atoms with Gasteiger partial charge in [-0.15, -0.1) is 0 Å². The van der Waals surface area contributed by atoms with Crippen molar-refractivity contribution < 1.29 is 54.8 Å². The summed E-state index contributed by atoms with van der Waals surface area (Å²) in [5.74, 6) is -3.63. The maximum absolute atomic E-state index is 14.0. The van der Waals surface area contributed by atoms with Crippen molar-refractivity contribution >= 4 is 5.97 Å². The van der Waals surface area contributed by atoms with Crippen LogP contribution in [0.15, 0.2) is 0 Å². The van der Waals surface area contributed by atoms with Gasteiger partial charge in [0.05, 0.1) is 29.3 Å². The van der Waals surface area contributed by atoms with E-state index in [9.17, 15) is 40.5 Å². The molecule has 8 N–H and O–H groups in total. The van der Waals surface area contributed by atoms with Gasteiger partial charge < -0.3 is 60.2 Å². The maximum Gasteiger partial charge on any atom is 0.312 e. The number of nitrogens with zero attached hydrogens (tertiary/aromatic N) is 2. The molecular formula is C34H67N3O11. The van der Waals surface area contributed by atoms with Crippen molar-refractivity contribution in [2.24, 2.45) is 17.8 Å². The molecule has 2 aliphatic rings. The summed E-state index contributed by atoms with van der Waals surface area (Å²) in [5, 5.41) is 83.6. The molecule has 0 spiro atoms. The third-order valence-electron chi connectivity index (χ3n) is 10.8. The van der Waals surface area contributed by atoms with E-state index in [0.29, 0.717) is 13.0 Å². The predicted octanol–water partition coefficient (Wildman–Crippen LogP) is -0.0179. The topological polar surface area (TPSA) is 205 Å². The Morgan fingerprint density at radius 2 is 1.58 bits per heavy atom. The smallest absolute Gasteiger partial charge is 0.312 e. The molecule has 2 rings (SSSR count). The largest absolute Gasteiger partial charge is 0.459 e. The van der Waals surface area contributed by atoms with Crippen LogP contribution < -0.4 is 5.32 Å². The molecule has 0 bridgehead atoms. The number of hydrogen-bond donors (Lipinski definition) is 8. The minimum atomic E-state index is -2.15. The van der Waals surface area contributed by atoms with Crippen LogP contribution in [0.5, 0.6) is 0 Å². The van der Waals surface area contributed by atoms with E-state index in [4.69, 9.17) is 14.2 Å². The molecule has 0 radical (unpaired) electrons. The number of carbonyl (C=O) groups is 1. The fourth-order valence-corrected chi connectivity index (χ4v) is 7.56. The number of ether oxygens (including phenoxy) is 3. The van der Waals surface area contributed by atoms with Crippen LogP contribution in [0, 0.1) is 17.8 Å². The SMILES string of the molecule is CC[C@H]1OC(=O)C(C)[C@@](O)(CN(C(C)O)C(C)O)[C@H](C)[C@@H](O[C@@H]2O[C@H](C)C[C@H](N(C)C)[C@H]2O)[C@@](C)(O)C[C@@H](C)CN[C@H](C)[C@@H](O)[C@]1(C)O. The lowest BCUT2D eigenvalue weighted by Crippen LogP contribution is -2.65. The van der Waals surface area contributed by atoms with Crippen molar-refractivity contribution in [2.75, 3.05) is 27.2 Å². The Kier molecular flexibility index (Phi) is 15.3. The minimum Gasteiger partial charge on any atom is -0.459 e. The van der Waals surface area contributed by atoms with E-state index in [1.165, 1.54) is 32.6 Å². The normalized spacial score (nSPS) is 45.7. The van der Waals surface area contributed by atoms with Gasteiger partial charge in [-0.1, -0.05) is 20.8 Å². The van der Waals surface area contributed by atoms with E-state index >= 15 is 0 Å². The van der Waals surface area contributed by atoms with Crippen molar-refractivity contribution in [2.45, 2.75) is 167 Å². The van der Waals surface area contributed by atoms with Crippen molar-refractivity contribution in [3.05, 3.63) is 0 Å². The zero-order valence-electron chi connectivity index (χ0n) is 31.2. The van der Waals surface area contributed by atoms with E-state index in [1.807, 2.05) is 32.8 Å². The Hall–Kier alpha value is -1.01. The van der Waals surface area contributed by atoms with E-state index in [2.05, 4.69) is 5.32 Å². The summed E-state index contributed by atoms with van der Waals surface area (Å²) >= 11 is 0. The van der Waals surface area contributed by atoms with E-state index in [0.717, 1.165) is 0 Å². The maximum atomic E-state index is 14.0. The second-order valence-electron chi connectivity index (χ2n) is 15.4. The average molecular weight is 694 g/mol. The third kappa shape index (κ3) is 9.86. The Morgan fingerprint density at radius 3 is 2.08 bits per heavy atom. The Labute approximate surface area is 287 Å². The monoisotopic (exact) mass is 693 g/mol. The standard InChI is InChI=1S/C34H67N3O11/c1-13-26-33(10,44)28(41)22(6)35-16-18(2)15-32(9,43)29(48-31-27(40)25(36(11)12)14-19(3)46-31)20(4)34(45,21(5)30(42)47-26)17-37(23(7)38)24(8)39/h18-29,31,35,38-41,43-45H,13-17H2,1-12H3/t18-,19-,20-,21?,22-,23?,24?,25+,26-,27-,28-,29-,31+,32+,33-,34-/m1/s1. The molecule has 284 valence electrons. The van der Waals surface area contributed by atoms with Gasteiger partial charge in [-0.05, 0) is 94.3 Å². The van der Waals surface area contributed by atoms with Crippen LogP contribution in [0.4, 0.5) is 0 Å². The highest BCUT2D eigenvalue weighted by Gasteiger charge is 2.55. The first-order chi connectivity index (χ1) is 21.9. The van der Waals surface area contributed by atoms with Crippen LogP contribution in [0.1, 0.15) is 88.5 Å². The number of aliphatic hydroxyl groups excluding tert-OH is 4. The number of likely N-dealkylation sites (N-methyl/N-ethyl adjacent to an activating group) is 1. The summed E-state index contributed by atoms with van der Waals surface area (Å²) in [6, 6.07) is -0.962. The van der Waals surface area contributed by atoms with Crippen LogP contribution in [-0.2, 0) is 19.0 Å². The highest BCUT2D eigenvalue weighted by Crippen LogP contribution is 2.41. The quantitative estimate of drug-likeness (QED) is 0.124. The summed E-state index contributed by atoms with van der Waals surface area (Å²) in [5.41, 5.74) is -5.72. The summed E-state index contributed by atoms with van der Waals surface area (Å²) in [6.45, 7) is 15.9. The lowest BCUT2D eigenvalue weighted by molar-refractivity contribution is -0.306. The number of carbonyl (C=O) groups excluding carboxylic acids is 1. The molecule has 14 nitrogen and oxygen atoms in total. The van der Waals surface area contributed by atoms with Crippen molar-refractivity contribution in [3.8, 4) is 0 Å². The predicted molar refractivity (Wildman–Crippen MR) is 179 cm³/mol. The van der Waals surface area contributed by atoms with Gasteiger partial charge in [0.1, 0.15) is 36.4 Å². The van der Waals surface area contributed by atoms with Crippen LogP contribution >= 0.6 is 0 Å². The fraction of sp³-hybridized carbons (Fsp3) is 0.971. The zero-order chi connectivity index (χ0) is 37.1. The lowest BCUT2D eigenvalue weighted by atomic mass is 9.70. The van der Waals surface area contributed by atoms with Gasteiger partial charge in [0.25, 0.3) is 0 Å². The van der Waals surface area contributed by atoms with Crippen molar-refractivity contribution in [1.29, 1.82) is 0 Å². The molecule has 0 aromatic heterocycles. The van der Waals surface area contributed by atoms with Gasteiger partial charge in [-0.25, -0.2) is 0 Å². The van der Waals surface area contributed by atoms with E-state index in [1.54, 1.807) is 27.7 Å². The molecule has 16 atom stereocenters. The third-order valence-corrected chi connectivity index (χ3v) is 10.8. The first-order valence-corrected chi connectivity index (χ1v) is 17.5. The highest BCUT2D eigenvalue weighted by atomic mass is 16.7. The molecule has 0 amide bonds. The Morgan fingerprint density at radius 1 is 1.02 bits per heavy atom. The molecule has 0 aromatic rings. The number of esters is 1. The van der Waals surface area contributed by atoms with Crippen molar-refractivity contribution in [1.82, 2.24) is 15.1 Å². The highest BCUT2D eigenvalue weighted by molar-refractivity contribution is 5.74. The number of cyclic esters (lactones) is 1. The summed E-state index contributed by atoms with van der Waals surface area (Å²) in [4.78, 5) is 17.1. The first-order valence-electron chi connectivity index (χ1n) is 17.5. The molecule has 0 aromatic carbocycles. The zero-order valence-corrected chi connectivity index (χ0v) is 31.2. The first kappa shape index (κ1) is 43.2. The fourth-order valence-electron chi connectivity index (χ4n) is 7.56. The molecular weight excluding hydrogens is 626 g/mol. The molecule has 48 heavy (non-hydrogen) atoms. The van der Waals surface area contributed by atoms with Gasteiger partial charge in [0.15, 0.2) is 6.29 Å². The number of aliphatic hydroxyl groups is 7. The van der Waals surface area contributed by atoms with Crippen LogP contribution in [0.3, 0.4) is 0 Å². The number of nitrogens with one attached hydrogen (secondary N) is 1. The number of rotatable bonds is 8. The van der Waals surface area contributed by atoms with Crippen LogP contribution in [0.2, 0.25) is 0 Å². The molecule has 0 saturated carbocycles. The molecule has 2 fully saturated rings. The Balaban J connectivity index is 2.80. The summed E-state index contributed by atoms with van der Waals surface area (Å²) in [6.07, 6.45) is -8.12. The Bertz CT molecular complexity index is 1010. The van der Waals surface area contributed by atoms with E-state index < -0.39 is 90.4 Å². The minimum absolute atomic E-state index is 0.118. The molecule has 3 unspecified atom stereocenters. The van der Waals surface area contributed by atoms with E-state index in [-0.39, 0.29) is 30.9 Å². The lowest BCUT2D eigenvalue weighted by Gasteiger charge is -2.50. The summed E-state index contributed by atoms with van der Waals surface area (Å²) < 4.78 is 18.5. The van der Waals surface area contributed by atoms with Gasteiger partial charge in [0, 0.05) is 24.5 Å². The van der Waals surface area contributed by atoms with Crippen LogP contribution in [-0.4, -0.2) is 157 Å².